The Hall–Kier alpha value is -2.93. The lowest BCUT2D eigenvalue weighted by Gasteiger charge is -2.40. The van der Waals surface area contributed by atoms with E-state index < -0.39 is 0 Å². The molecule has 0 aliphatic carbocycles. The molecule has 3 aliphatic rings. The van der Waals surface area contributed by atoms with Crippen LogP contribution in [-0.2, 0) is 16.0 Å². The zero-order chi connectivity index (χ0) is 22.8. The number of fused-ring (bicyclic) bond motifs is 1. The van der Waals surface area contributed by atoms with Crippen LogP contribution in [0.15, 0.2) is 47.7 Å². The highest BCUT2D eigenvalue weighted by atomic mass is 16.5. The third-order valence-corrected chi connectivity index (χ3v) is 7.01. The van der Waals surface area contributed by atoms with Crippen molar-refractivity contribution in [3.63, 3.8) is 0 Å². The third-order valence-electron chi connectivity index (χ3n) is 7.01. The van der Waals surface area contributed by atoms with Gasteiger partial charge in [-0.2, -0.15) is 5.10 Å². The highest BCUT2D eigenvalue weighted by molar-refractivity contribution is 5.99. The zero-order valence-corrected chi connectivity index (χ0v) is 19.6. The summed E-state index contributed by atoms with van der Waals surface area (Å²) in [6, 6.07) is 13.3. The van der Waals surface area contributed by atoms with Gasteiger partial charge in [0.15, 0.2) is 0 Å². The Morgan fingerprint density at radius 3 is 2.70 bits per heavy atom. The van der Waals surface area contributed by atoms with Crippen molar-refractivity contribution in [1.29, 1.82) is 0 Å². The molecule has 1 aromatic carbocycles. The number of amidine groups is 1. The maximum atomic E-state index is 12.3. The Labute approximate surface area is 196 Å². The number of hydrogen-bond donors (Lipinski definition) is 0. The first-order valence-corrected chi connectivity index (χ1v) is 12.1. The van der Waals surface area contributed by atoms with E-state index in [0.29, 0.717) is 12.6 Å². The van der Waals surface area contributed by atoms with Gasteiger partial charge in [0.2, 0.25) is 5.91 Å². The van der Waals surface area contributed by atoms with Gasteiger partial charge in [-0.25, -0.2) is 0 Å². The monoisotopic (exact) mass is 447 g/mol. The van der Waals surface area contributed by atoms with E-state index in [1.54, 1.807) is 6.92 Å². The number of pyridine rings is 1. The van der Waals surface area contributed by atoms with Crippen LogP contribution in [0.1, 0.15) is 38.7 Å². The molecule has 174 valence electrons. The van der Waals surface area contributed by atoms with Gasteiger partial charge in [0.1, 0.15) is 5.84 Å². The number of hydrazone groups is 1. The summed E-state index contributed by atoms with van der Waals surface area (Å²) in [5.41, 5.74) is 4.71. The van der Waals surface area contributed by atoms with Gasteiger partial charge in [0.25, 0.3) is 0 Å². The Morgan fingerprint density at radius 1 is 1.09 bits per heavy atom. The molecule has 1 amide bonds. The summed E-state index contributed by atoms with van der Waals surface area (Å²) in [7, 11) is 0. The molecule has 0 N–H and O–H groups in total. The predicted molar refractivity (Wildman–Crippen MR) is 130 cm³/mol. The van der Waals surface area contributed by atoms with Gasteiger partial charge in [-0.15, -0.1) is 0 Å². The zero-order valence-electron chi connectivity index (χ0n) is 19.6. The van der Waals surface area contributed by atoms with E-state index >= 15 is 0 Å². The molecule has 3 aliphatic heterocycles. The van der Waals surface area contributed by atoms with Gasteiger partial charge in [-0.1, -0.05) is 12.1 Å². The van der Waals surface area contributed by atoms with E-state index in [1.165, 1.54) is 11.3 Å². The summed E-state index contributed by atoms with van der Waals surface area (Å²) in [6.07, 6.45) is 5.63. The van der Waals surface area contributed by atoms with Gasteiger partial charge < -0.3 is 14.5 Å². The van der Waals surface area contributed by atoms with E-state index in [9.17, 15) is 4.79 Å². The van der Waals surface area contributed by atoms with Crippen molar-refractivity contribution in [3.8, 4) is 11.3 Å². The summed E-state index contributed by atoms with van der Waals surface area (Å²) in [6.45, 7) is 7.75. The highest BCUT2D eigenvalue weighted by Gasteiger charge is 2.32. The van der Waals surface area contributed by atoms with E-state index in [-0.39, 0.29) is 11.9 Å². The van der Waals surface area contributed by atoms with Crippen molar-refractivity contribution in [2.24, 2.45) is 5.10 Å². The lowest BCUT2D eigenvalue weighted by molar-refractivity contribution is -0.129. The summed E-state index contributed by atoms with van der Waals surface area (Å²) in [5.74, 6) is 1.19. The number of carbonyl (C=O) groups excluding carboxylic acids is 1. The van der Waals surface area contributed by atoms with Crippen LogP contribution < -0.4 is 4.90 Å². The minimum absolute atomic E-state index is 0.140. The second kappa shape index (κ2) is 9.51. The van der Waals surface area contributed by atoms with Crippen molar-refractivity contribution < 1.29 is 9.53 Å². The number of nitrogens with zero attached hydrogens (tertiary/aromatic N) is 5. The van der Waals surface area contributed by atoms with Gasteiger partial charge >= 0.3 is 0 Å². The molecule has 5 rings (SSSR count). The number of hydrogen-bond acceptors (Lipinski definition) is 6. The largest absolute Gasteiger partial charge is 0.377 e. The quantitative estimate of drug-likeness (QED) is 0.705. The van der Waals surface area contributed by atoms with Crippen LogP contribution in [0.2, 0.25) is 0 Å². The third kappa shape index (κ3) is 4.60. The molecule has 1 fully saturated rings. The first kappa shape index (κ1) is 21.9. The smallest absolute Gasteiger partial charge is 0.219 e. The maximum Gasteiger partial charge on any atom is 0.219 e. The molecule has 0 radical (unpaired) electrons. The van der Waals surface area contributed by atoms with Gasteiger partial charge in [0, 0.05) is 56.5 Å². The number of ether oxygens (including phenoxy) is 1. The number of rotatable bonds is 2. The fourth-order valence-electron chi connectivity index (χ4n) is 4.98. The molecule has 4 heterocycles. The normalized spacial score (nSPS) is 23.5. The van der Waals surface area contributed by atoms with Gasteiger partial charge in [-0.3, -0.25) is 14.8 Å². The number of benzene rings is 1. The summed E-state index contributed by atoms with van der Waals surface area (Å²) >= 11 is 0. The molecule has 7 nitrogen and oxygen atoms in total. The summed E-state index contributed by atoms with van der Waals surface area (Å²) < 4.78 is 5.50. The number of aryl methyl sites for hydroxylation is 1. The second-order valence-corrected chi connectivity index (χ2v) is 9.29. The molecule has 7 heteroatoms. The van der Waals surface area contributed by atoms with E-state index in [2.05, 4.69) is 46.1 Å². The SMILES string of the molecule is CC(=O)N1CC/C(N2CCCc3cc(-c4ccccn4)ccc32)=N\N(C2COC2)C(C)CC1. The molecule has 1 unspecified atom stereocenters. The number of amides is 1. The number of carbonyl (C=O) groups is 1. The van der Waals surface area contributed by atoms with Crippen molar-refractivity contribution in [3.05, 3.63) is 48.2 Å². The molecular weight excluding hydrogens is 414 g/mol. The Morgan fingerprint density at radius 2 is 1.97 bits per heavy atom. The summed E-state index contributed by atoms with van der Waals surface area (Å²) in [4.78, 5) is 21.1. The first-order valence-electron chi connectivity index (χ1n) is 12.1. The molecule has 2 aromatic rings. The van der Waals surface area contributed by atoms with Crippen LogP contribution in [0, 0.1) is 0 Å². The van der Waals surface area contributed by atoms with E-state index in [1.807, 2.05) is 23.2 Å². The fourth-order valence-corrected chi connectivity index (χ4v) is 4.98. The Kier molecular flexibility index (Phi) is 6.31. The highest BCUT2D eigenvalue weighted by Crippen LogP contribution is 2.32. The summed E-state index contributed by atoms with van der Waals surface area (Å²) in [5, 5.41) is 7.49. The van der Waals surface area contributed by atoms with Crippen LogP contribution >= 0.6 is 0 Å². The van der Waals surface area contributed by atoms with E-state index in [0.717, 1.165) is 69.1 Å². The van der Waals surface area contributed by atoms with Crippen molar-refractivity contribution in [2.45, 2.75) is 51.6 Å². The van der Waals surface area contributed by atoms with Gasteiger partial charge in [0.05, 0.1) is 24.9 Å². The average Bonchev–Trinajstić information content (AvgIpc) is 2.88. The van der Waals surface area contributed by atoms with Crippen LogP contribution in [0.5, 0.6) is 0 Å². The van der Waals surface area contributed by atoms with Crippen LogP contribution in [0.4, 0.5) is 5.69 Å². The first-order chi connectivity index (χ1) is 16.1. The maximum absolute atomic E-state index is 12.3. The molecule has 1 aromatic heterocycles. The standard InChI is InChI=1S/C26H33N5O2/c1-19-10-14-29(20(2)32)15-11-26(28-31(19)23-17-33-18-23)30-13-5-6-22-16-21(8-9-25(22)30)24-7-3-4-12-27-24/h3-4,7-9,12,16,19,23H,5-6,10-11,13-15,17-18H2,1-2H3/b28-26+. The lowest BCUT2D eigenvalue weighted by Crippen LogP contribution is -2.51. The number of aromatic nitrogens is 1. The lowest BCUT2D eigenvalue weighted by atomic mass is 9.97. The van der Waals surface area contributed by atoms with Crippen LogP contribution in [0.3, 0.4) is 0 Å². The fraction of sp³-hybridized carbons (Fsp3) is 0.500. The number of anilines is 1. The molecule has 0 saturated carbocycles. The molecular formula is C26H33N5O2. The van der Waals surface area contributed by atoms with Crippen molar-refractivity contribution in [2.75, 3.05) is 37.7 Å². The molecule has 1 atom stereocenters. The van der Waals surface area contributed by atoms with Crippen LogP contribution in [-0.4, -0.2) is 71.6 Å². The minimum atomic E-state index is 0.140. The second-order valence-electron chi connectivity index (χ2n) is 9.29. The Balaban J connectivity index is 1.49. The topological polar surface area (TPSA) is 61.3 Å². The average molecular weight is 448 g/mol. The molecule has 0 spiro atoms. The molecule has 1 saturated heterocycles. The van der Waals surface area contributed by atoms with Gasteiger partial charge in [-0.05, 0) is 56.0 Å². The van der Waals surface area contributed by atoms with Crippen LogP contribution in [0.25, 0.3) is 11.3 Å². The predicted octanol–water partition coefficient (Wildman–Crippen LogP) is 3.55. The Bertz CT molecular complexity index is 1020. The van der Waals surface area contributed by atoms with E-state index in [4.69, 9.17) is 9.84 Å². The minimum Gasteiger partial charge on any atom is -0.377 e. The molecule has 0 bridgehead atoms. The van der Waals surface area contributed by atoms with Crippen molar-refractivity contribution >= 4 is 17.4 Å². The van der Waals surface area contributed by atoms with Crippen molar-refractivity contribution in [1.82, 2.24) is 14.9 Å². The molecule has 33 heavy (non-hydrogen) atoms.